The SMILES string of the molecule is O=C(CNC(=O)c1ccc2c(c1)OCO2)NCc1ccc(-c2ccncc2)cc1. The van der Waals surface area contributed by atoms with Crippen LogP contribution in [0.1, 0.15) is 15.9 Å². The molecule has 146 valence electrons. The molecule has 7 nitrogen and oxygen atoms in total. The van der Waals surface area contributed by atoms with Gasteiger partial charge in [0.1, 0.15) is 0 Å². The van der Waals surface area contributed by atoms with Crippen LogP contribution < -0.4 is 20.1 Å². The summed E-state index contributed by atoms with van der Waals surface area (Å²) in [4.78, 5) is 28.3. The number of amides is 2. The minimum Gasteiger partial charge on any atom is -0.454 e. The zero-order chi connectivity index (χ0) is 20.1. The molecule has 0 fully saturated rings. The van der Waals surface area contributed by atoms with E-state index in [0.29, 0.717) is 23.6 Å². The molecule has 29 heavy (non-hydrogen) atoms. The van der Waals surface area contributed by atoms with Gasteiger partial charge in [0.15, 0.2) is 11.5 Å². The molecule has 0 saturated heterocycles. The van der Waals surface area contributed by atoms with E-state index in [0.717, 1.165) is 16.7 Å². The monoisotopic (exact) mass is 389 g/mol. The first kappa shape index (κ1) is 18.5. The van der Waals surface area contributed by atoms with E-state index in [9.17, 15) is 9.59 Å². The molecule has 1 aliphatic heterocycles. The lowest BCUT2D eigenvalue weighted by Crippen LogP contribution is -2.36. The van der Waals surface area contributed by atoms with E-state index in [2.05, 4.69) is 15.6 Å². The number of hydrogen-bond donors (Lipinski definition) is 2. The van der Waals surface area contributed by atoms with Crippen molar-refractivity contribution in [1.29, 1.82) is 0 Å². The van der Waals surface area contributed by atoms with E-state index in [4.69, 9.17) is 9.47 Å². The van der Waals surface area contributed by atoms with Gasteiger partial charge in [-0.2, -0.15) is 0 Å². The highest BCUT2D eigenvalue weighted by molar-refractivity contribution is 5.97. The third kappa shape index (κ3) is 4.52. The molecule has 0 bridgehead atoms. The summed E-state index contributed by atoms with van der Waals surface area (Å²) in [5.74, 6) is 0.518. The van der Waals surface area contributed by atoms with Crippen molar-refractivity contribution in [2.75, 3.05) is 13.3 Å². The summed E-state index contributed by atoms with van der Waals surface area (Å²) in [6, 6.07) is 16.7. The Hall–Kier alpha value is -3.87. The van der Waals surface area contributed by atoms with Crippen LogP contribution in [-0.2, 0) is 11.3 Å². The summed E-state index contributed by atoms with van der Waals surface area (Å²) < 4.78 is 10.5. The van der Waals surface area contributed by atoms with Crippen molar-refractivity contribution in [3.05, 3.63) is 78.1 Å². The Kier molecular flexibility index (Phi) is 5.38. The molecule has 0 atom stereocenters. The summed E-state index contributed by atoms with van der Waals surface area (Å²) in [5.41, 5.74) is 3.55. The fourth-order valence-corrected chi connectivity index (χ4v) is 2.92. The molecule has 2 heterocycles. The van der Waals surface area contributed by atoms with Crippen LogP contribution in [0.3, 0.4) is 0 Å². The topological polar surface area (TPSA) is 89.6 Å². The third-order valence-electron chi connectivity index (χ3n) is 4.50. The summed E-state index contributed by atoms with van der Waals surface area (Å²) in [7, 11) is 0. The van der Waals surface area contributed by atoms with E-state index in [1.54, 1.807) is 30.6 Å². The van der Waals surface area contributed by atoms with E-state index >= 15 is 0 Å². The van der Waals surface area contributed by atoms with Gasteiger partial charge in [-0.15, -0.1) is 0 Å². The molecular weight excluding hydrogens is 370 g/mol. The van der Waals surface area contributed by atoms with Crippen molar-refractivity contribution in [1.82, 2.24) is 15.6 Å². The Bertz CT molecular complexity index is 1020. The van der Waals surface area contributed by atoms with Crippen LogP contribution in [-0.4, -0.2) is 30.1 Å². The molecule has 0 unspecified atom stereocenters. The van der Waals surface area contributed by atoms with Crippen LogP contribution >= 0.6 is 0 Å². The normalized spacial score (nSPS) is 11.7. The number of pyridine rings is 1. The van der Waals surface area contributed by atoms with Gasteiger partial charge in [-0.1, -0.05) is 24.3 Å². The van der Waals surface area contributed by atoms with Crippen molar-refractivity contribution < 1.29 is 19.1 Å². The molecule has 0 spiro atoms. The average molecular weight is 389 g/mol. The fourth-order valence-electron chi connectivity index (χ4n) is 2.92. The van der Waals surface area contributed by atoms with Gasteiger partial charge >= 0.3 is 0 Å². The molecule has 0 aliphatic carbocycles. The zero-order valence-electron chi connectivity index (χ0n) is 15.6. The smallest absolute Gasteiger partial charge is 0.251 e. The fraction of sp³-hybridized carbons (Fsp3) is 0.136. The summed E-state index contributed by atoms with van der Waals surface area (Å²) in [6.45, 7) is 0.421. The standard InChI is InChI=1S/C22H19N3O4/c26-21(13-25-22(27)18-5-6-19-20(11-18)29-14-28-19)24-12-15-1-3-16(4-2-15)17-7-9-23-10-8-17/h1-11H,12-14H2,(H,24,26)(H,25,27). The van der Waals surface area contributed by atoms with E-state index < -0.39 is 0 Å². The van der Waals surface area contributed by atoms with Crippen LogP contribution in [0.15, 0.2) is 67.0 Å². The molecular formula is C22H19N3O4. The number of rotatable bonds is 6. The molecule has 1 aliphatic rings. The molecule has 2 amide bonds. The third-order valence-corrected chi connectivity index (χ3v) is 4.50. The number of aromatic nitrogens is 1. The van der Waals surface area contributed by atoms with Gasteiger partial charge in [-0.05, 0) is 47.0 Å². The van der Waals surface area contributed by atoms with Crippen molar-refractivity contribution in [2.45, 2.75) is 6.54 Å². The van der Waals surface area contributed by atoms with Crippen LogP contribution in [0.4, 0.5) is 0 Å². The van der Waals surface area contributed by atoms with Crippen molar-refractivity contribution >= 4 is 11.8 Å². The Morgan fingerprint density at radius 1 is 0.862 bits per heavy atom. The summed E-state index contributed by atoms with van der Waals surface area (Å²) >= 11 is 0. The molecule has 4 rings (SSSR count). The maximum absolute atomic E-state index is 12.2. The second-order valence-corrected chi connectivity index (χ2v) is 6.46. The Morgan fingerprint density at radius 3 is 2.38 bits per heavy atom. The first-order valence-corrected chi connectivity index (χ1v) is 9.13. The lowest BCUT2D eigenvalue weighted by atomic mass is 10.1. The molecule has 3 aromatic rings. The van der Waals surface area contributed by atoms with Gasteiger partial charge in [0.2, 0.25) is 12.7 Å². The number of carbonyl (C=O) groups excluding carboxylic acids is 2. The minimum absolute atomic E-state index is 0.109. The average Bonchev–Trinajstić information content (AvgIpc) is 3.25. The first-order chi connectivity index (χ1) is 14.2. The number of benzene rings is 2. The molecule has 7 heteroatoms. The van der Waals surface area contributed by atoms with Crippen molar-refractivity contribution in [2.24, 2.45) is 0 Å². The highest BCUT2D eigenvalue weighted by Gasteiger charge is 2.16. The van der Waals surface area contributed by atoms with E-state index in [1.807, 2.05) is 36.4 Å². The second-order valence-electron chi connectivity index (χ2n) is 6.46. The van der Waals surface area contributed by atoms with Gasteiger partial charge in [-0.25, -0.2) is 0 Å². The first-order valence-electron chi connectivity index (χ1n) is 9.13. The van der Waals surface area contributed by atoms with Crippen molar-refractivity contribution in [3.63, 3.8) is 0 Å². The number of ether oxygens (including phenoxy) is 2. The molecule has 0 saturated carbocycles. The number of nitrogens with zero attached hydrogens (tertiary/aromatic N) is 1. The van der Waals surface area contributed by atoms with E-state index in [-0.39, 0.29) is 25.2 Å². The van der Waals surface area contributed by atoms with Crippen LogP contribution in [0, 0.1) is 0 Å². The van der Waals surface area contributed by atoms with Gasteiger partial charge < -0.3 is 20.1 Å². The highest BCUT2D eigenvalue weighted by Crippen LogP contribution is 2.32. The maximum Gasteiger partial charge on any atom is 0.251 e. The number of nitrogens with one attached hydrogen (secondary N) is 2. The van der Waals surface area contributed by atoms with Crippen LogP contribution in [0.25, 0.3) is 11.1 Å². The highest BCUT2D eigenvalue weighted by atomic mass is 16.7. The molecule has 1 aromatic heterocycles. The lowest BCUT2D eigenvalue weighted by Gasteiger charge is -2.08. The van der Waals surface area contributed by atoms with Crippen molar-refractivity contribution in [3.8, 4) is 22.6 Å². The van der Waals surface area contributed by atoms with Gasteiger partial charge in [-0.3, -0.25) is 14.6 Å². The van der Waals surface area contributed by atoms with E-state index in [1.165, 1.54) is 0 Å². The molecule has 2 N–H and O–H groups in total. The van der Waals surface area contributed by atoms with Gasteiger partial charge in [0.25, 0.3) is 5.91 Å². The Morgan fingerprint density at radius 2 is 1.59 bits per heavy atom. The largest absolute Gasteiger partial charge is 0.454 e. The molecule has 0 radical (unpaired) electrons. The minimum atomic E-state index is -0.347. The molecule has 2 aromatic carbocycles. The van der Waals surface area contributed by atoms with Crippen LogP contribution in [0.5, 0.6) is 11.5 Å². The zero-order valence-corrected chi connectivity index (χ0v) is 15.6. The van der Waals surface area contributed by atoms with Gasteiger partial charge in [0.05, 0.1) is 6.54 Å². The lowest BCUT2D eigenvalue weighted by molar-refractivity contribution is -0.120. The number of fused-ring (bicyclic) bond motifs is 1. The number of carbonyl (C=O) groups is 2. The second kappa shape index (κ2) is 8.43. The predicted molar refractivity (Wildman–Crippen MR) is 106 cm³/mol. The maximum atomic E-state index is 12.2. The summed E-state index contributed by atoms with van der Waals surface area (Å²) in [5, 5.41) is 5.40. The van der Waals surface area contributed by atoms with Crippen LogP contribution in [0.2, 0.25) is 0 Å². The van der Waals surface area contributed by atoms with Gasteiger partial charge in [0, 0.05) is 24.5 Å². The Labute approximate surface area is 167 Å². The number of hydrogen-bond acceptors (Lipinski definition) is 5. The quantitative estimate of drug-likeness (QED) is 0.676. The predicted octanol–water partition coefficient (Wildman–Crippen LogP) is 2.52. The Balaban J connectivity index is 1.25. The summed E-state index contributed by atoms with van der Waals surface area (Å²) in [6.07, 6.45) is 3.50.